The van der Waals surface area contributed by atoms with Gasteiger partial charge in [0.2, 0.25) is 5.96 Å². The van der Waals surface area contributed by atoms with Crippen LogP contribution in [0.1, 0.15) is 6.92 Å². The van der Waals surface area contributed by atoms with Crippen LogP contribution in [0.15, 0.2) is 35.3 Å². The van der Waals surface area contributed by atoms with Crippen LogP contribution < -0.4 is 11.3 Å². The molecule has 0 saturated carbocycles. The third-order valence-electron chi connectivity index (χ3n) is 3.38. The summed E-state index contributed by atoms with van der Waals surface area (Å²) in [5.41, 5.74) is 3.63. The first-order valence-electron chi connectivity index (χ1n) is 6.26. The molecule has 1 heterocycles. The maximum atomic E-state index is 5.60. The Balaban J connectivity index is 2.12. The first-order chi connectivity index (χ1) is 8.70. The molecule has 5 nitrogen and oxygen atoms in total. The summed E-state index contributed by atoms with van der Waals surface area (Å²) in [5, 5.41) is 0. The van der Waals surface area contributed by atoms with Gasteiger partial charge in [0.1, 0.15) is 0 Å². The van der Waals surface area contributed by atoms with Gasteiger partial charge in [0, 0.05) is 25.7 Å². The van der Waals surface area contributed by atoms with E-state index in [-0.39, 0.29) is 0 Å². The summed E-state index contributed by atoms with van der Waals surface area (Å²) in [5.74, 6) is 6.33. The highest BCUT2D eigenvalue weighted by molar-refractivity contribution is 5.82. The van der Waals surface area contributed by atoms with Crippen molar-refractivity contribution >= 4 is 11.6 Å². The van der Waals surface area contributed by atoms with E-state index < -0.39 is 0 Å². The lowest BCUT2D eigenvalue weighted by Gasteiger charge is -2.38. The number of guanidine groups is 1. The zero-order valence-electron chi connectivity index (χ0n) is 11.0. The van der Waals surface area contributed by atoms with Crippen molar-refractivity contribution in [1.82, 2.24) is 15.2 Å². The first kappa shape index (κ1) is 12.9. The zero-order chi connectivity index (χ0) is 13.0. The first-order valence-corrected chi connectivity index (χ1v) is 6.26. The number of hydrogen-bond donors (Lipinski definition) is 2. The van der Waals surface area contributed by atoms with Crippen molar-refractivity contribution in [3.05, 3.63) is 30.3 Å². The van der Waals surface area contributed by atoms with Gasteiger partial charge >= 0.3 is 0 Å². The molecule has 1 unspecified atom stereocenters. The minimum absolute atomic E-state index is 0.507. The van der Waals surface area contributed by atoms with Crippen molar-refractivity contribution in [2.75, 3.05) is 26.7 Å². The standard InChI is InChI=1S/C13H21N5/c1-11-10-18(9-8-17(11)2)13(16-14)15-12-6-4-3-5-7-12/h3-7,11H,8-10,14H2,1-2H3,(H,15,16). The highest BCUT2D eigenvalue weighted by Gasteiger charge is 2.22. The van der Waals surface area contributed by atoms with E-state index >= 15 is 0 Å². The Labute approximate surface area is 108 Å². The largest absolute Gasteiger partial charge is 0.339 e. The second-order valence-corrected chi connectivity index (χ2v) is 4.69. The number of likely N-dealkylation sites (N-methyl/N-ethyl adjacent to an activating group) is 1. The molecule has 1 atom stereocenters. The van der Waals surface area contributed by atoms with E-state index in [2.05, 4.69) is 34.2 Å². The van der Waals surface area contributed by atoms with Crippen LogP contribution >= 0.6 is 0 Å². The summed E-state index contributed by atoms with van der Waals surface area (Å²) in [6, 6.07) is 10.4. The molecule has 0 aliphatic carbocycles. The Morgan fingerprint density at radius 2 is 2.06 bits per heavy atom. The number of piperazine rings is 1. The summed E-state index contributed by atoms with van der Waals surface area (Å²) in [4.78, 5) is 9.08. The van der Waals surface area contributed by atoms with Crippen LogP contribution in [-0.2, 0) is 0 Å². The van der Waals surface area contributed by atoms with Gasteiger partial charge in [-0.2, -0.15) is 0 Å². The number of nitrogens with two attached hydrogens (primary N) is 1. The molecule has 1 aliphatic rings. The number of nitrogens with one attached hydrogen (secondary N) is 1. The fourth-order valence-electron chi connectivity index (χ4n) is 2.06. The van der Waals surface area contributed by atoms with Crippen LogP contribution in [0, 0.1) is 0 Å². The van der Waals surface area contributed by atoms with E-state index in [1.807, 2.05) is 30.3 Å². The molecule has 1 saturated heterocycles. The molecule has 98 valence electrons. The van der Waals surface area contributed by atoms with Gasteiger partial charge in [-0.1, -0.05) is 18.2 Å². The van der Waals surface area contributed by atoms with Crippen molar-refractivity contribution in [3.63, 3.8) is 0 Å². The van der Waals surface area contributed by atoms with Gasteiger partial charge in [-0.25, -0.2) is 10.8 Å². The fraction of sp³-hybridized carbons (Fsp3) is 0.462. The van der Waals surface area contributed by atoms with Gasteiger partial charge in [0.15, 0.2) is 0 Å². The molecule has 18 heavy (non-hydrogen) atoms. The Morgan fingerprint density at radius 3 is 2.67 bits per heavy atom. The van der Waals surface area contributed by atoms with Crippen molar-refractivity contribution in [1.29, 1.82) is 0 Å². The molecular weight excluding hydrogens is 226 g/mol. The van der Waals surface area contributed by atoms with Crippen molar-refractivity contribution < 1.29 is 0 Å². The number of rotatable bonds is 1. The SMILES string of the molecule is CC1CN(C(=Nc2ccccc2)NN)CCN1C. The molecule has 1 aliphatic heterocycles. The van der Waals surface area contributed by atoms with Crippen molar-refractivity contribution in [2.24, 2.45) is 10.8 Å². The summed E-state index contributed by atoms with van der Waals surface area (Å²) >= 11 is 0. The van der Waals surface area contributed by atoms with Gasteiger partial charge < -0.3 is 9.80 Å². The summed E-state index contributed by atoms with van der Waals surface area (Å²) < 4.78 is 0. The van der Waals surface area contributed by atoms with Crippen LogP contribution in [0.25, 0.3) is 0 Å². The number of nitrogens with zero attached hydrogens (tertiary/aromatic N) is 3. The second-order valence-electron chi connectivity index (χ2n) is 4.69. The van der Waals surface area contributed by atoms with Gasteiger partial charge in [-0.05, 0) is 26.1 Å². The predicted molar refractivity (Wildman–Crippen MR) is 74.5 cm³/mol. The molecular formula is C13H21N5. The van der Waals surface area contributed by atoms with Crippen LogP contribution in [0.4, 0.5) is 5.69 Å². The maximum absolute atomic E-state index is 5.60. The summed E-state index contributed by atoms with van der Waals surface area (Å²) in [7, 11) is 2.14. The molecule has 1 aromatic rings. The Morgan fingerprint density at radius 1 is 1.33 bits per heavy atom. The molecule has 5 heteroatoms. The Kier molecular flexibility index (Phi) is 4.17. The van der Waals surface area contributed by atoms with Gasteiger partial charge in [-0.3, -0.25) is 5.43 Å². The van der Waals surface area contributed by atoms with E-state index in [9.17, 15) is 0 Å². The van der Waals surface area contributed by atoms with Crippen LogP contribution in [-0.4, -0.2) is 48.5 Å². The fourth-order valence-corrected chi connectivity index (χ4v) is 2.06. The lowest BCUT2D eigenvalue weighted by atomic mass is 10.2. The average Bonchev–Trinajstić information content (AvgIpc) is 2.40. The van der Waals surface area contributed by atoms with E-state index in [0.717, 1.165) is 31.3 Å². The van der Waals surface area contributed by atoms with Crippen LogP contribution in [0.5, 0.6) is 0 Å². The minimum Gasteiger partial charge on any atom is -0.339 e. The molecule has 0 aromatic heterocycles. The average molecular weight is 247 g/mol. The molecule has 3 N–H and O–H groups in total. The Hall–Kier alpha value is -1.59. The summed E-state index contributed by atoms with van der Waals surface area (Å²) in [6.07, 6.45) is 0. The topological polar surface area (TPSA) is 56.9 Å². The predicted octanol–water partition coefficient (Wildman–Crippen LogP) is 0.773. The van der Waals surface area contributed by atoms with Crippen LogP contribution in [0.3, 0.4) is 0 Å². The molecule has 2 rings (SSSR count). The lowest BCUT2D eigenvalue weighted by Crippen LogP contribution is -2.56. The molecule has 0 radical (unpaired) electrons. The lowest BCUT2D eigenvalue weighted by molar-refractivity contribution is 0.150. The van der Waals surface area contributed by atoms with E-state index in [4.69, 9.17) is 5.84 Å². The zero-order valence-corrected chi connectivity index (χ0v) is 11.0. The third-order valence-corrected chi connectivity index (χ3v) is 3.38. The molecule has 0 bridgehead atoms. The minimum atomic E-state index is 0.507. The normalized spacial score (nSPS) is 22.1. The van der Waals surface area contributed by atoms with Crippen molar-refractivity contribution in [3.8, 4) is 0 Å². The van der Waals surface area contributed by atoms with Crippen LogP contribution in [0.2, 0.25) is 0 Å². The molecule has 0 amide bonds. The number of hydrogen-bond acceptors (Lipinski definition) is 3. The van der Waals surface area contributed by atoms with E-state index in [1.165, 1.54) is 0 Å². The molecule has 1 aromatic carbocycles. The number of aliphatic imine (C=N–C) groups is 1. The maximum Gasteiger partial charge on any atom is 0.213 e. The second kappa shape index (κ2) is 5.84. The number of hydrazine groups is 1. The summed E-state index contributed by atoms with van der Waals surface area (Å²) in [6.45, 7) is 5.11. The van der Waals surface area contributed by atoms with Crippen molar-refractivity contribution in [2.45, 2.75) is 13.0 Å². The Bertz CT molecular complexity index is 403. The monoisotopic (exact) mass is 247 g/mol. The van der Waals surface area contributed by atoms with E-state index in [0.29, 0.717) is 6.04 Å². The third kappa shape index (κ3) is 3.00. The highest BCUT2D eigenvalue weighted by Crippen LogP contribution is 2.12. The van der Waals surface area contributed by atoms with Gasteiger partial charge in [0.05, 0.1) is 5.69 Å². The molecule has 0 spiro atoms. The van der Waals surface area contributed by atoms with E-state index in [1.54, 1.807) is 0 Å². The van der Waals surface area contributed by atoms with Gasteiger partial charge in [-0.15, -0.1) is 0 Å². The quantitative estimate of drug-likeness (QED) is 0.333. The smallest absolute Gasteiger partial charge is 0.213 e. The molecule has 1 fully saturated rings. The number of para-hydroxylation sites is 1. The number of benzene rings is 1. The van der Waals surface area contributed by atoms with Gasteiger partial charge in [0.25, 0.3) is 0 Å². The highest BCUT2D eigenvalue weighted by atomic mass is 15.4.